The second-order valence-electron chi connectivity index (χ2n) is 8.17. The predicted molar refractivity (Wildman–Crippen MR) is 134 cm³/mol. The number of methoxy groups -OCH3 is 1. The molecule has 7 heteroatoms. The van der Waals surface area contributed by atoms with Gasteiger partial charge < -0.3 is 18.8 Å². The van der Waals surface area contributed by atoms with Crippen molar-refractivity contribution in [3.63, 3.8) is 0 Å². The highest BCUT2D eigenvalue weighted by Gasteiger charge is 2.30. The van der Waals surface area contributed by atoms with Crippen LogP contribution in [0.1, 0.15) is 27.0 Å². The third-order valence-electron chi connectivity index (χ3n) is 5.85. The number of Topliss-reactive ketones (excluding diaryl/α,β-unsaturated/α-hetero) is 1. The van der Waals surface area contributed by atoms with Gasteiger partial charge in [-0.15, -0.1) is 0 Å². The fourth-order valence-corrected chi connectivity index (χ4v) is 4.46. The maximum absolute atomic E-state index is 13.2. The molecule has 4 aromatic rings. The molecule has 1 aliphatic heterocycles. The molecule has 0 bridgehead atoms. The second kappa shape index (κ2) is 8.75. The quantitative estimate of drug-likeness (QED) is 0.281. The molecule has 2 heterocycles. The Hall–Kier alpha value is -3.41. The topological polar surface area (TPSA) is 49.7 Å². The molecule has 172 valence electrons. The Balaban J connectivity index is 1.43. The van der Waals surface area contributed by atoms with Crippen LogP contribution in [-0.2, 0) is 13.7 Å². The van der Waals surface area contributed by atoms with Crippen LogP contribution in [0.25, 0.3) is 17.0 Å². The molecule has 0 amide bonds. The molecule has 0 unspecified atom stereocenters. The van der Waals surface area contributed by atoms with E-state index in [0.717, 1.165) is 33.3 Å². The average molecular weight is 494 g/mol. The number of ether oxygens (including phenoxy) is 3. The maximum atomic E-state index is 13.2. The lowest BCUT2D eigenvalue weighted by Crippen LogP contribution is -2.00. The minimum atomic E-state index is -0.150. The van der Waals surface area contributed by atoms with Gasteiger partial charge >= 0.3 is 0 Å². The molecule has 1 aliphatic rings. The van der Waals surface area contributed by atoms with Crippen LogP contribution in [-0.4, -0.2) is 17.5 Å². The Kier molecular flexibility index (Phi) is 5.76. The number of halogens is 2. The van der Waals surface area contributed by atoms with Gasteiger partial charge in [-0.05, 0) is 60.5 Å². The number of ketones is 1. The van der Waals surface area contributed by atoms with Crippen LogP contribution < -0.4 is 14.2 Å². The summed E-state index contributed by atoms with van der Waals surface area (Å²) in [6.07, 6.45) is 3.75. The first-order valence-electron chi connectivity index (χ1n) is 10.6. The summed E-state index contributed by atoms with van der Waals surface area (Å²) in [6, 6.07) is 14.8. The van der Waals surface area contributed by atoms with Gasteiger partial charge in [-0.3, -0.25) is 4.79 Å². The summed E-state index contributed by atoms with van der Waals surface area (Å²) in [4.78, 5) is 13.2. The zero-order valence-corrected chi connectivity index (χ0v) is 20.3. The van der Waals surface area contributed by atoms with Crippen LogP contribution in [0.5, 0.6) is 17.2 Å². The summed E-state index contributed by atoms with van der Waals surface area (Å²) in [5, 5.41) is 1.95. The summed E-state index contributed by atoms with van der Waals surface area (Å²) in [6.45, 7) is 2.18. The van der Waals surface area contributed by atoms with Crippen LogP contribution in [0, 0.1) is 6.92 Å². The molecule has 0 spiro atoms. The third kappa shape index (κ3) is 4.02. The van der Waals surface area contributed by atoms with E-state index in [1.807, 2.05) is 55.1 Å². The average Bonchev–Trinajstić information content (AvgIpc) is 3.30. The number of benzene rings is 3. The van der Waals surface area contributed by atoms with E-state index in [1.54, 1.807) is 31.4 Å². The molecule has 0 saturated carbocycles. The van der Waals surface area contributed by atoms with Crippen molar-refractivity contribution in [1.29, 1.82) is 0 Å². The monoisotopic (exact) mass is 493 g/mol. The molecule has 0 radical (unpaired) electrons. The molecule has 1 aromatic heterocycles. The van der Waals surface area contributed by atoms with Gasteiger partial charge in [0.1, 0.15) is 23.9 Å². The van der Waals surface area contributed by atoms with Crippen molar-refractivity contribution >= 4 is 46.0 Å². The van der Waals surface area contributed by atoms with Crippen molar-refractivity contribution in [3.8, 4) is 17.2 Å². The van der Waals surface area contributed by atoms with Crippen LogP contribution in [0.15, 0.2) is 60.5 Å². The molecule has 0 atom stereocenters. The Bertz CT molecular complexity index is 1490. The molecule has 3 aromatic carbocycles. The Morgan fingerprint density at radius 3 is 2.62 bits per heavy atom. The van der Waals surface area contributed by atoms with E-state index in [2.05, 4.69) is 0 Å². The zero-order chi connectivity index (χ0) is 24.0. The number of aryl methyl sites for hydroxylation is 2. The van der Waals surface area contributed by atoms with Crippen LogP contribution in [0.3, 0.4) is 0 Å². The molecular formula is C27H21Cl2NO4. The Labute approximate surface area is 207 Å². The molecule has 34 heavy (non-hydrogen) atoms. The summed E-state index contributed by atoms with van der Waals surface area (Å²) in [5.41, 5.74) is 4.13. The highest BCUT2D eigenvalue weighted by Crippen LogP contribution is 2.38. The lowest BCUT2D eigenvalue weighted by molar-refractivity contribution is 0.101. The summed E-state index contributed by atoms with van der Waals surface area (Å²) >= 11 is 12.1. The first-order valence-corrected chi connectivity index (χ1v) is 11.4. The standard InChI is InChI=1S/C27H21Cl2NO4/c1-15-8-19(33-14-16-4-6-21(28)22(29)9-16)12-24-26(15)27(31)25(34-24)10-17-13-30(2)23-7-5-18(32-3)11-20(17)23/h4-13H,14H2,1-3H3/b25-10-. The fraction of sp³-hybridized carbons (Fsp3) is 0.148. The number of nitrogens with zero attached hydrogens (tertiary/aromatic N) is 1. The summed E-state index contributed by atoms with van der Waals surface area (Å²) in [7, 11) is 3.59. The van der Waals surface area contributed by atoms with Gasteiger partial charge in [-0.2, -0.15) is 0 Å². The highest BCUT2D eigenvalue weighted by molar-refractivity contribution is 6.42. The second-order valence-corrected chi connectivity index (χ2v) is 8.98. The van der Waals surface area contributed by atoms with Crippen LogP contribution in [0.4, 0.5) is 0 Å². The minimum absolute atomic E-state index is 0.150. The van der Waals surface area contributed by atoms with E-state index in [-0.39, 0.29) is 11.5 Å². The summed E-state index contributed by atoms with van der Waals surface area (Å²) in [5.74, 6) is 1.96. The molecule has 5 rings (SSSR count). The van der Waals surface area contributed by atoms with Crippen molar-refractivity contribution in [2.45, 2.75) is 13.5 Å². The zero-order valence-electron chi connectivity index (χ0n) is 18.8. The number of aromatic nitrogens is 1. The Morgan fingerprint density at radius 1 is 1.03 bits per heavy atom. The highest BCUT2D eigenvalue weighted by atomic mass is 35.5. The largest absolute Gasteiger partial charge is 0.497 e. The van der Waals surface area contributed by atoms with E-state index in [9.17, 15) is 4.79 Å². The minimum Gasteiger partial charge on any atom is -0.497 e. The van der Waals surface area contributed by atoms with E-state index >= 15 is 0 Å². The number of hydrogen-bond donors (Lipinski definition) is 0. The van der Waals surface area contributed by atoms with Crippen molar-refractivity contribution in [2.24, 2.45) is 7.05 Å². The molecule has 0 saturated heterocycles. The smallest absolute Gasteiger partial charge is 0.232 e. The first-order chi connectivity index (χ1) is 16.3. The fourth-order valence-electron chi connectivity index (χ4n) is 4.14. The van der Waals surface area contributed by atoms with Gasteiger partial charge in [0, 0.05) is 35.8 Å². The predicted octanol–water partition coefficient (Wildman–Crippen LogP) is 7.00. The first kappa shape index (κ1) is 22.4. The normalized spacial score (nSPS) is 13.9. The number of carbonyl (C=O) groups is 1. The van der Waals surface area contributed by atoms with Crippen molar-refractivity contribution in [2.75, 3.05) is 7.11 Å². The van der Waals surface area contributed by atoms with Gasteiger partial charge in [-0.25, -0.2) is 0 Å². The van der Waals surface area contributed by atoms with E-state index in [0.29, 0.717) is 33.7 Å². The molecule has 5 nitrogen and oxygen atoms in total. The van der Waals surface area contributed by atoms with Crippen LogP contribution in [0.2, 0.25) is 10.0 Å². The lowest BCUT2D eigenvalue weighted by atomic mass is 10.0. The molecule has 0 fully saturated rings. The Morgan fingerprint density at radius 2 is 1.85 bits per heavy atom. The molecular weight excluding hydrogens is 473 g/mol. The number of allylic oxidation sites excluding steroid dienone is 1. The van der Waals surface area contributed by atoms with E-state index in [4.69, 9.17) is 37.4 Å². The SMILES string of the molecule is COc1ccc2c(c1)c(/C=C1\Oc3cc(OCc4ccc(Cl)c(Cl)c4)cc(C)c3C1=O)cn2C. The summed E-state index contributed by atoms with van der Waals surface area (Å²) < 4.78 is 19.3. The molecule has 0 aliphatic carbocycles. The van der Waals surface area contributed by atoms with Gasteiger partial charge in [0.15, 0.2) is 5.76 Å². The number of fused-ring (bicyclic) bond motifs is 2. The van der Waals surface area contributed by atoms with Crippen LogP contribution >= 0.6 is 23.2 Å². The maximum Gasteiger partial charge on any atom is 0.232 e. The third-order valence-corrected chi connectivity index (χ3v) is 6.59. The van der Waals surface area contributed by atoms with Gasteiger partial charge in [0.25, 0.3) is 0 Å². The van der Waals surface area contributed by atoms with Crippen molar-refractivity contribution in [3.05, 3.63) is 92.8 Å². The number of hydrogen-bond acceptors (Lipinski definition) is 4. The van der Waals surface area contributed by atoms with Gasteiger partial charge in [0.05, 0.1) is 22.7 Å². The van der Waals surface area contributed by atoms with Crippen molar-refractivity contribution in [1.82, 2.24) is 4.57 Å². The van der Waals surface area contributed by atoms with E-state index in [1.165, 1.54) is 0 Å². The van der Waals surface area contributed by atoms with Gasteiger partial charge in [0.2, 0.25) is 5.78 Å². The number of rotatable bonds is 5. The van der Waals surface area contributed by atoms with Crippen molar-refractivity contribution < 1.29 is 19.0 Å². The van der Waals surface area contributed by atoms with Gasteiger partial charge in [-0.1, -0.05) is 29.3 Å². The lowest BCUT2D eigenvalue weighted by Gasteiger charge is -2.10. The number of carbonyl (C=O) groups excluding carboxylic acids is 1. The van der Waals surface area contributed by atoms with E-state index < -0.39 is 0 Å². The molecule has 0 N–H and O–H groups in total.